The van der Waals surface area contributed by atoms with Crippen LogP contribution in [-0.2, 0) is 4.74 Å². The van der Waals surface area contributed by atoms with Gasteiger partial charge in [-0.05, 0) is 25.5 Å². The minimum atomic E-state index is -1.07. The number of amides is 1. The molecule has 2 N–H and O–H groups in total. The highest BCUT2D eigenvalue weighted by Gasteiger charge is 2.39. The first-order valence-electron chi connectivity index (χ1n) is 6.71. The highest BCUT2D eigenvalue weighted by Crippen LogP contribution is 2.25. The number of nitro groups is 1. The SMILES string of the molecule is Cc1cc([N+](=O)[O-])ccc1C(=O)NCC1(O)CCOC1C. The number of carbonyl (C=O) groups excluding carboxylic acids is 1. The van der Waals surface area contributed by atoms with Crippen LogP contribution in [0.5, 0.6) is 0 Å². The first kappa shape index (κ1) is 15.4. The number of nitro benzene ring substituents is 1. The maximum atomic E-state index is 12.1. The Balaban J connectivity index is 2.05. The lowest BCUT2D eigenvalue weighted by atomic mass is 9.96. The third kappa shape index (κ3) is 3.20. The second-order valence-electron chi connectivity index (χ2n) is 5.31. The molecular weight excluding hydrogens is 276 g/mol. The number of ether oxygens (including phenoxy) is 1. The van der Waals surface area contributed by atoms with Crippen molar-refractivity contribution in [2.75, 3.05) is 13.2 Å². The van der Waals surface area contributed by atoms with Crippen molar-refractivity contribution >= 4 is 11.6 Å². The molecule has 7 heteroatoms. The van der Waals surface area contributed by atoms with E-state index in [-0.39, 0.29) is 24.2 Å². The number of rotatable bonds is 4. The monoisotopic (exact) mass is 294 g/mol. The molecule has 1 fully saturated rings. The van der Waals surface area contributed by atoms with Gasteiger partial charge in [0.25, 0.3) is 11.6 Å². The van der Waals surface area contributed by atoms with Crippen LogP contribution in [0.1, 0.15) is 29.3 Å². The Morgan fingerprint density at radius 2 is 2.33 bits per heavy atom. The number of aliphatic hydroxyl groups is 1. The summed E-state index contributed by atoms with van der Waals surface area (Å²) in [5, 5.41) is 23.6. The molecule has 1 amide bonds. The Bertz CT molecular complexity index is 574. The van der Waals surface area contributed by atoms with Gasteiger partial charge in [-0.15, -0.1) is 0 Å². The van der Waals surface area contributed by atoms with Crippen molar-refractivity contribution in [2.45, 2.75) is 32.0 Å². The van der Waals surface area contributed by atoms with Gasteiger partial charge >= 0.3 is 0 Å². The first-order chi connectivity index (χ1) is 9.83. The number of benzene rings is 1. The molecule has 114 valence electrons. The van der Waals surface area contributed by atoms with Crippen LogP contribution in [-0.4, -0.2) is 40.8 Å². The minimum Gasteiger partial charge on any atom is -0.385 e. The van der Waals surface area contributed by atoms with E-state index in [9.17, 15) is 20.0 Å². The quantitative estimate of drug-likeness (QED) is 0.641. The van der Waals surface area contributed by atoms with Gasteiger partial charge in [-0.3, -0.25) is 14.9 Å². The average molecular weight is 294 g/mol. The van der Waals surface area contributed by atoms with Crippen molar-refractivity contribution in [1.29, 1.82) is 0 Å². The fourth-order valence-corrected chi connectivity index (χ4v) is 2.35. The van der Waals surface area contributed by atoms with Crippen molar-refractivity contribution in [3.63, 3.8) is 0 Å². The van der Waals surface area contributed by atoms with Crippen LogP contribution >= 0.6 is 0 Å². The van der Waals surface area contributed by atoms with E-state index in [1.165, 1.54) is 18.2 Å². The van der Waals surface area contributed by atoms with Crippen molar-refractivity contribution in [1.82, 2.24) is 5.32 Å². The Morgan fingerprint density at radius 3 is 2.86 bits per heavy atom. The maximum absolute atomic E-state index is 12.1. The summed E-state index contributed by atoms with van der Waals surface area (Å²) in [6, 6.07) is 4.06. The maximum Gasteiger partial charge on any atom is 0.269 e. The zero-order valence-electron chi connectivity index (χ0n) is 12.0. The van der Waals surface area contributed by atoms with Gasteiger partial charge in [0, 0.05) is 37.3 Å². The van der Waals surface area contributed by atoms with E-state index in [1.807, 2.05) is 0 Å². The molecule has 2 unspecified atom stereocenters. The van der Waals surface area contributed by atoms with E-state index in [4.69, 9.17) is 4.74 Å². The normalized spacial score (nSPS) is 24.8. The molecule has 1 heterocycles. The molecule has 0 aromatic heterocycles. The number of hydrogen-bond donors (Lipinski definition) is 2. The van der Waals surface area contributed by atoms with Gasteiger partial charge < -0.3 is 15.2 Å². The molecule has 0 radical (unpaired) electrons. The van der Waals surface area contributed by atoms with Gasteiger partial charge in [0.1, 0.15) is 5.60 Å². The smallest absolute Gasteiger partial charge is 0.269 e. The Morgan fingerprint density at radius 1 is 1.62 bits per heavy atom. The van der Waals surface area contributed by atoms with E-state index < -0.39 is 10.5 Å². The Labute approximate surface area is 122 Å². The second-order valence-corrected chi connectivity index (χ2v) is 5.31. The Kier molecular flexibility index (Phi) is 4.24. The summed E-state index contributed by atoms with van der Waals surface area (Å²) in [6.45, 7) is 3.95. The van der Waals surface area contributed by atoms with Crippen LogP contribution in [0.2, 0.25) is 0 Å². The zero-order chi connectivity index (χ0) is 15.6. The molecule has 0 saturated carbocycles. The van der Waals surface area contributed by atoms with E-state index in [0.717, 1.165) is 0 Å². The predicted octanol–water partition coefficient (Wildman–Crippen LogP) is 1.17. The van der Waals surface area contributed by atoms with Crippen molar-refractivity contribution < 1.29 is 19.6 Å². The number of non-ortho nitro benzene ring substituents is 1. The number of hydrogen-bond acceptors (Lipinski definition) is 5. The van der Waals surface area contributed by atoms with E-state index in [0.29, 0.717) is 24.2 Å². The van der Waals surface area contributed by atoms with Gasteiger partial charge in [0.2, 0.25) is 0 Å². The highest BCUT2D eigenvalue weighted by molar-refractivity contribution is 5.95. The van der Waals surface area contributed by atoms with Gasteiger partial charge in [-0.2, -0.15) is 0 Å². The lowest BCUT2D eigenvalue weighted by Crippen LogP contribution is -2.47. The van der Waals surface area contributed by atoms with E-state index in [1.54, 1.807) is 13.8 Å². The number of nitrogens with one attached hydrogen (secondary N) is 1. The van der Waals surface area contributed by atoms with Crippen LogP contribution in [0, 0.1) is 17.0 Å². The van der Waals surface area contributed by atoms with E-state index in [2.05, 4.69) is 5.32 Å². The molecule has 2 atom stereocenters. The third-order valence-electron chi connectivity index (χ3n) is 3.88. The summed E-state index contributed by atoms with van der Waals surface area (Å²) in [5.74, 6) is -0.366. The summed E-state index contributed by atoms with van der Waals surface area (Å²) in [4.78, 5) is 22.3. The summed E-state index contributed by atoms with van der Waals surface area (Å²) in [7, 11) is 0. The number of carbonyl (C=O) groups is 1. The standard InChI is InChI=1S/C14H18N2O5/c1-9-7-11(16(19)20)3-4-12(9)13(17)15-8-14(18)5-6-21-10(14)2/h3-4,7,10,18H,5-6,8H2,1-2H3,(H,15,17). The molecule has 1 aliphatic rings. The largest absolute Gasteiger partial charge is 0.385 e. The molecule has 0 spiro atoms. The molecule has 0 aliphatic carbocycles. The van der Waals surface area contributed by atoms with Crippen LogP contribution in [0.3, 0.4) is 0 Å². The lowest BCUT2D eigenvalue weighted by molar-refractivity contribution is -0.384. The van der Waals surface area contributed by atoms with Gasteiger partial charge in [0.05, 0.1) is 11.0 Å². The Hall–Kier alpha value is -1.99. The molecule has 1 aromatic carbocycles. The molecule has 21 heavy (non-hydrogen) atoms. The third-order valence-corrected chi connectivity index (χ3v) is 3.88. The summed E-state index contributed by atoms with van der Waals surface area (Å²) in [5.41, 5.74) is -0.245. The average Bonchev–Trinajstić information content (AvgIpc) is 2.76. The summed E-state index contributed by atoms with van der Waals surface area (Å²) >= 11 is 0. The molecule has 1 aliphatic heterocycles. The predicted molar refractivity (Wildman–Crippen MR) is 75.1 cm³/mol. The van der Waals surface area contributed by atoms with E-state index >= 15 is 0 Å². The van der Waals surface area contributed by atoms with Gasteiger partial charge in [-0.1, -0.05) is 0 Å². The van der Waals surface area contributed by atoms with Crippen molar-refractivity contribution in [3.8, 4) is 0 Å². The summed E-state index contributed by atoms with van der Waals surface area (Å²) in [6.07, 6.45) is 0.129. The van der Waals surface area contributed by atoms with Gasteiger partial charge in [-0.25, -0.2) is 0 Å². The zero-order valence-corrected chi connectivity index (χ0v) is 12.0. The topological polar surface area (TPSA) is 102 Å². The van der Waals surface area contributed by atoms with Crippen molar-refractivity contribution in [2.24, 2.45) is 0 Å². The van der Waals surface area contributed by atoms with Crippen LogP contribution in [0.25, 0.3) is 0 Å². The lowest BCUT2D eigenvalue weighted by Gasteiger charge is -2.26. The molecule has 1 aromatic rings. The molecular formula is C14H18N2O5. The van der Waals surface area contributed by atoms with Crippen LogP contribution < -0.4 is 5.32 Å². The molecule has 1 saturated heterocycles. The molecule has 7 nitrogen and oxygen atoms in total. The minimum absolute atomic E-state index is 0.0551. The molecule has 0 bridgehead atoms. The highest BCUT2D eigenvalue weighted by atomic mass is 16.6. The van der Waals surface area contributed by atoms with Crippen LogP contribution in [0.15, 0.2) is 18.2 Å². The fraction of sp³-hybridized carbons (Fsp3) is 0.500. The van der Waals surface area contributed by atoms with Crippen LogP contribution in [0.4, 0.5) is 5.69 Å². The fourth-order valence-electron chi connectivity index (χ4n) is 2.35. The number of aryl methyl sites for hydroxylation is 1. The molecule has 2 rings (SSSR count). The van der Waals surface area contributed by atoms with Gasteiger partial charge in [0.15, 0.2) is 0 Å². The first-order valence-corrected chi connectivity index (χ1v) is 6.71. The second kappa shape index (κ2) is 5.79. The number of nitrogens with zero attached hydrogens (tertiary/aromatic N) is 1. The van der Waals surface area contributed by atoms with Crippen molar-refractivity contribution in [3.05, 3.63) is 39.4 Å². The summed E-state index contributed by atoms with van der Waals surface area (Å²) < 4.78 is 5.30.